The summed E-state index contributed by atoms with van der Waals surface area (Å²) in [6.07, 6.45) is 0. The van der Waals surface area contributed by atoms with Gasteiger partial charge in [0.2, 0.25) is 0 Å². The number of nitrogens with zero attached hydrogens (tertiary/aromatic N) is 3. The molecule has 0 amide bonds. The first-order valence-corrected chi connectivity index (χ1v) is 13.0. The average molecular weight is 510 g/mol. The summed E-state index contributed by atoms with van der Waals surface area (Å²) in [5.41, 5.74) is 5.72. The summed E-state index contributed by atoms with van der Waals surface area (Å²) in [6, 6.07) is 31.3. The minimum absolute atomic E-state index is 0.816. The molecule has 38 heavy (non-hydrogen) atoms. The van der Waals surface area contributed by atoms with Crippen LogP contribution in [0.4, 0.5) is 11.4 Å². The second-order valence-electron chi connectivity index (χ2n) is 9.96. The number of anilines is 2. The molecule has 0 radical (unpaired) electrons. The normalized spacial score (nSPS) is 11.4. The lowest BCUT2D eigenvalue weighted by atomic mass is 9.79. The molecule has 5 rings (SSSR count). The van der Waals surface area contributed by atoms with Crippen LogP contribution in [0.25, 0.3) is 21.8 Å². The van der Waals surface area contributed by atoms with E-state index in [1.807, 2.05) is 52.5 Å². The molecule has 198 valence electrons. The fraction of sp³-hybridized carbons (Fsp3) is 0.273. The molecule has 5 aromatic rings. The average Bonchev–Trinajstić information content (AvgIpc) is 3.27. The van der Waals surface area contributed by atoms with Gasteiger partial charge in [0.15, 0.2) is 0 Å². The summed E-state index contributed by atoms with van der Waals surface area (Å²) in [6.45, 7) is 2.98. The third-order valence-corrected chi connectivity index (χ3v) is 7.10. The summed E-state index contributed by atoms with van der Waals surface area (Å²) in [4.78, 5) is 4.15. The Kier molecular flexibility index (Phi) is 8.10. The second-order valence-corrected chi connectivity index (χ2v) is 9.96. The largest absolute Gasteiger partial charge is 0.388 e. The van der Waals surface area contributed by atoms with Crippen LogP contribution in [-0.4, -0.2) is 52.1 Å². The van der Waals surface area contributed by atoms with Crippen molar-refractivity contribution in [3.05, 3.63) is 108 Å². The topological polar surface area (TPSA) is 40.9 Å². The smallest absolute Gasteiger partial charge is 0.142 e. The number of methoxy groups -OCH3 is 1. The first-order chi connectivity index (χ1) is 18.3. The van der Waals surface area contributed by atoms with Gasteiger partial charge in [0.1, 0.15) is 5.60 Å². The fourth-order valence-corrected chi connectivity index (χ4v) is 5.21. The monoisotopic (exact) mass is 509 g/mol. The van der Waals surface area contributed by atoms with E-state index in [9.17, 15) is 5.11 Å². The molecule has 0 atom stereocenters. The van der Waals surface area contributed by atoms with Gasteiger partial charge in [0, 0.05) is 82.2 Å². The van der Waals surface area contributed by atoms with Crippen LogP contribution in [-0.2, 0) is 16.9 Å². The molecule has 0 aliphatic heterocycles. The number of aryl methyl sites for hydroxylation is 1. The minimum Gasteiger partial charge on any atom is -0.388 e. The Morgan fingerprint density at radius 2 is 1.16 bits per heavy atom. The van der Waals surface area contributed by atoms with Gasteiger partial charge in [-0.3, -0.25) is 0 Å². The zero-order valence-electron chi connectivity index (χ0n) is 23.6. The van der Waals surface area contributed by atoms with Crippen LogP contribution in [0.5, 0.6) is 0 Å². The number of hydrogen-bond donors (Lipinski definition) is 1. The van der Waals surface area contributed by atoms with E-state index in [4.69, 9.17) is 0 Å². The zero-order chi connectivity index (χ0) is 27.4. The molecule has 1 aromatic heterocycles. The van der Waals surface area contributed by atoms with Crippen molar-refractivity contribution in [3.8, 4) is 0 Å². The molecule has 0 aliphatic rings. The molecule has 1 N–H and O–H groups in total. The molecule has 0 saturated carbocycles. The highest BCUT2D eigenvalue weighted by Gasteiger charge is 2.36. The van der Waals surface area contributed by atoms with Gasteiger partial charge in [-0.1, -0.05) is 60.7 Å². The molecule has 0 spiro atoms. The van der Waals surface area contributed by atoms with Gasteiger partial charge in [-0.05, 0) is 48.4 Å². The molecule has 0 saturated heterocycles. The van der Waals surface area contributed by atoms with Gasteiger partial charge in [-0.2, -0.15) is 0 Å². The van der Waals surface area contributed by atoms with Gasteiger partial charge in [-0.15, -0.1) is 0 Å². The van der Waals surface area contributed by atoms with E-state index in [2.05, 4.69) is 92.8 Å². The minimum atomic E-state index is -1.32. The van der Waals surface area contributed by atoms with Crippen LogP contribution >= 0.6 is 0 Å². The number of para-hydroxylation sites is 2. The maximum absolute atomic E-state index is 12.8. The van der Waals surface area contributed by atoms with Crippen molar-refractivity contribution in [1.82, 2.24) is 4.57 Å². The number of benzene rings is 4. The second kappa shape index (κ2) is 11.3. The van der Waals surface area contributed by atoms with Crippen molar-refractivity contribution < 1.29 is 9.84 Å². The zero-order valence-corrected chi connectivity index (χ0v) is 23.6. The SMILES string of the molecule is CCn1c2ccccc2c2cccc(C(O)(c3ccc(N(C)C)cc3)c3ccc(N(C)C)cc3)c21.COC. The van der Waals surface area contributed by atoms with Gasteiger partial charge >= 0.3 is 0 Å². The highest BCUT2D eigenvalue weighted by molar-refractivity contribution is 6.09. The van der Waals surface area contributed by atoms with Crippen LogP contribution in [0.15, 0.2) is 91.0 Å². The van der Waals surface area contributed by atoms with Crippen molar-refractivity contribution >= 4 is 33.2 Å². The van der Waals surface area contributed by atoms with Gasteiger partial charge in [0.05, 0.1) is 5.52 Å². The van der Waals surface area contributed by atoms with Crippen molar-refractivity contribution in [2.75, 3.05) is 52.2 Å². The molecule has 4 aromatic carbocycles. The Morgan fingerprint density at radius 1 is 0.684 bits per heavy atom. The number of aliphatic hydroxyl groups is 1. The first kappa shape index (κ1) is 27.2. The number of rotatable bonds is 6. The molecule has 1 heterocycles. The third-order valence-electron chi connectivity index (χ3n) is 7.10. The molecule has 5 heteroatoms. The van der Waals surface area contributed by atoms with Crippen LogP contribution in [0.3, 0.4) is 0 Å². The van der Waals surface area contributed by atoms with Crippen molar-refractivity contribution in [1.29, 1.82) is 0 Å². The van der Waals surface area contributed by atoms with Crippen molar-refractivity contribution in [2.24, 2.45) is 0 Å². The van der Waals surface area contributed by atoms with E-state index in [0.29, 0.717) is 0 Å². The predicted molar refractivity (Wildman–Crippen MR) is 162 cm³/mol. The Labute approximate surface area is 226 Å². The maximum atomic E-state index is 12.8. The molecule has 0 aliphatic carbocycles. The predicted octanol–water partition coefficient (Wildman–Crippen LogP) is 6.49. The number of aromatic nitrogens is 1. The highest BCUT2D eigenvalue weighted by atomic mass is 16.4. The highest BCUT2D eigenvalue weighted by Crippen LogP contribution is 2.43. The standard InChI is InChI=1S/C31H33N3O.C2H6O/c1-6-34-29-13-8-7-10-26(29)27-11-9-12-28(30(27)34)31(35,22-14-18-24(19-15-22)32(2)3)23-16-20-25(21-17-23)33(4)5;1-3-2/h7-21,35H,6H2,1-5H3;1-2H3. The Bertz CT molecular complexity index is 1450. The van der Waals surface area contributed by atoms with E-state index in [0.717, 1.165) is 45.5 Å². The molecule has 0 bridgehead atoms. The van der Waals surface area contributed by atoms with E-state index >= 15 is 0 Å². The fourth-order valence-electron chi connectivity index (χ4n) is 5.21. The Balaban J connectivity index is 0.00000107. The molecule has 5 nitrogen and oxygen atoms in total. The number of hydrogen-bond acceptors (Lipinski definition) is 4. The van der Waals surface area contributed by atoms with E-state index in [1.165, 1.54) is 10.9 Å². The van der Waals surface area contributed by atoms with E-state index in [-0.39, 0.29) is 0 Å². The van der Waals surface area contributed by atoms with E-state index in [1.54, 1.807) is 14.2 Å². The number of ether oxygens (including phenoxy) is 1. The third kappa shape index (κ3) is 4.75. The van der Waals surface area contributed by atoms with Gasteiger partial charge < -0.3 is 24.2 Å². The summed E-state index contributed by atoms with van der Waals surface area (Å²) < 4.78 is 6.58. The van der Waals surface area contributed by atoms with E-state index < -0.39 is 5.60 Å². The Morgan fingerprint density at radius 3 is 1.63 bits per heavy atom. The maximum Gasteiger partial charge on any atom is 0.142 e. The summed E-state index contributed by atoms with van der Waals surface area (Å²) in [5, 5.41) is 15.2. The summed E-state index contributed by atoms with van der Waals surface area (Å²) >= 11 is 0. The first-order valence-electron chi connectivity index (χ1n) is 13.0. The quantitative estimate of drug-likeness (QED) is 0.266. The molecular formula is C33H39N3O2. The lowest BCUT2D eigenvalue weighted by Gasteiger charge is -2.32. The van der Waals surface area contributed by atoms with Crippen molar-refractivity contribution in [2.45, 2.75) is 19.1 Å². The number of fused-ring (bicyclic) bond motifs is 3. The van der Waals surface area contributed by atoms with Gasteiger partial charge in [0.25, 0.3) is 0 Å². The van der Waals surface area contributed by atoms with Crippen LogP contribution in [0.2, 0.25) is 0 Å². The lowest BCUT2D eigenvalue weighted by molar-refractivity contribution is 0.127. The van der Waals surface area contributed by atoms with Crippen LogP contribution in [0.1, 0.15) is 23.6 Å². The molecule has 0 unspecified atom stereocenters. The van der Waals surface area contributed by atoms with Gasteiger partial charge in [-0.25, -0.2) is 0 Å². The summed E-state index contributed by atoms with van der Waals surface area (Å²) in [5.74, 6) is 0. The van der Waals surface area contributed by atoms with Crippen molar-refractivity contribution in [3.63, 3.8) is 0 Å². The molecular weight excluding hydrogens is 470 g/mol. The summed E-state index contributed by atoms with van der Waals surface area (Å²) in [7, 11) is 11.4. The molecule has 0 fully saturated rings. The Hall–Kier alpha value is -3.80. The lowest BCUT2D eigenvalue weighted by Crippen LogP contribution is -2.30. The van der Waals surface area contributed by atoms with Crippen LogP contribution < -0.4 is 9.80 Å². The van der Waals surface area contributed by atoms with Crippen LogP contribution in [0, 0.1) is 0 Å².